The van der Waals surface area contributed by atoms with Crippen molar-refractivity contribution in [1.82, 2.24) is 9.55 Å². The molecule has 2 aromatic carbocycles. The summed E-state index contributed by atoms with van der Waals surface area (Å²) < 4.78 is 15.6. The predicted octanol–water partition coefficient (Wildman–Crippen LogP) is 3.56. The molecular weight excluding hydrogens is 435 g/mol. The van der Waals surface area contributed by atoms with Gasteiger partial charge in [-0.25, -0.2) is 19.0 Å². The Morgan fingerprint density at radius 3 is 2.45 bits per heavy atom. The molecule has 0 spiro atoms. The van der Waals surface area contributed by atoms with Crippen molar-refractivity contribution < 1.29 is 29.1 Å². The lowest BCUT2D eigenvalue weighted by atomic mass is 10.1. The molecular formula is C19H16ClFN4O6. The zero-order chi connectivity index (χ0) is 23.1. The van der Waals surface area contributed by atoms with Crippen molar-refractivity contribution >= 4 is 35.2 Å². The van der Waals surface area contributed by atoms with Gasteiger partial charge in [-0.05, 0) is 12.1 Å². The Morgan fingerprint density at radius 1 is 1.23 bits per heavy atom. The zero-order valence-corrected chi connectivity index (χ0v) is 16.7. The van der Waals surface area contributed by atoms with E-state index in [4.69, 9.17) is 31.4 Å². The number of rotatable bonds is 5. The normalized spacial score (nSPS) is 10.0. The smallest absolute Gasteiger partial charge is 0.414 e. The highest BCUT2D eigenvalue weighted by molar-refractivity contribution is 6.31. The van der Waals surface area contributed by atoms with Crippen LogP contribution in [0.1, 0.15) is 5.56 Å². The summed E-state index contributed by atoms with van der Waals surface area (Å²) in [6.07, 6.45) is 1.60. The van der Waals surface area contributed by atoms with E-state index in [0.717, 1.165) is 0 Å². The first-order chi connectivity index (χ1) is 14.6. The van der Waals surface area contributed by atoms with Gasteiger partial charge in [-0.1, -0.05) is 29.8 Å². The number of anilines is 1. The highest BCUT2D eigenvalue weighted by Crippen LogP contribution is 2.26. The van der Waals surface area contributed by atoms with Crippen molar-refractivity contribution in [3.63, 3.8) is 0 Å². The molecule has 3 aromatic rings. The van der Waals surface area contributed by atoms with E-state index >= 15 is 0 Å². The second kappa shape index (κ2) is 10.2. The quantitative estimate of drug-likeness (QED) is 0.303. The average molecular weight is 451 g/mol. The van der Waals surface area contributed by atoms with E-state index in [0.29, 0.717) is 27.8 Å². The molecule has 10 nitrogen and oxygen atoms in total. The molecule has 31 heavy (non-hydrogen) atoms. The summed E-state index contributed by atoms with van der Waals surface area (Å²) in [6.45, 7) is 0.171. The Hall–Kier alpha value is -3.99. The van der Waals surface area contributed by atoms with Crippen LogP contribution in [-0.2, 0) is 23.2 Å². The molecule has 0 amide bonds. The lowest BCUT2D eigenvalue weighted by Crippen LogP contribution is -2.09. The van der Waals surface area contributed by atoms with Crippen LogP contribution < -0.4 is 5.32 Å². The molecule has 0 atom stereocenters. The average Bonchev–Trinajstić information content (AvgIpc) is 3.08. The van der Waals surface area contributed by atoms with E-state index in [1.165, 1.54) is 18.2 Å². The molecule has 1 heterocycles. The molecule has 0 saturated carbocycles. The van der Waals surface area contributed by atoms with Crippen LogP contribution in [0.3, 0.4) is 0 Å². The molecule has 0 radical (unpaired) electrons. The largest absolute Gasteiger partial charge is 0.473 e. The number of non-ortho nitro benzene ring substituents is 1. The number of carboxylic acid groups (broad SMARTS) is 2. The molecule has 0 fully saturated rings. The summed E-state index contributed by atoms with van der Waals surface area (Å²) in [4.78, 5) is 32.9. The first-order valence-corrected chi connectivity index (χ1v) is 8.89. The van der Waals surface area contributed by atoms with Crippen molar-refractivity contribution in [1.29, 1.82) is 0 Å². The van der Waals surface area contributed by atoms with Gasteiger partial charge in [0.15, 0.2) is 0 Å². The van der Waals surface area contributed by atoms with Gasteiger partial charge in [-0.2, -0.15) is 0 Å². The summed E-state index contributed by atoms with van der Waals surface area (Å²) in [7, 11) is 1.77. The second-order valence-electron chi connectivity index (χ2n) is 6.00. The molecule has 12 heteroatoms. The number of benzene rings is 2. The van der Waals surface area contributed by atoms with Gasteiger partial charge in [-0.15, -0.1) is 0 Å². The maximum Gasteiger partial charge on any atom is 0.414 e. The van der Waals surface area contributed by atoms with Crippen molar-refractivity contribution in [2.24, 2.45) is 7.05 Å². The van der Waals surface area contributed by atoms with Gasteiger partial charge in [0.25, 0.3) is 5.69 Å². The standard InChI is InChI=1S/C17H14ClFN4O2.C2H2O4/c1-22-16(11-4-2-5-12(8-11)23(24)25)10-21-17(22)20-9-13-14(18)6-3-7-15(13)19;3-1(4)2(5)6/h2-8,10H,9H2,1H3,(H,20,21);(H,3,4)(H,5,6). The van der Waals surface area contributed by atoms with E-state index in [9.17, 15) is 14.5 Å². The van der Waals surface area contributed by atoms with Crippen LogP contribution in [0.5, 0.6) is 0 Å². The van der Waals surface area contributed by atoms with Crippen molar-refractivity contribution in [2.45, 2.75) is 6.54 Å². The SMILES string of the molecule is Cn1c(-c2cccc([N+](=O)[O-])c2)cnc1NCc1c(F)cccc1Cl.O=C(O)C(=O)O. The van der Waals surface area contributed by atoms with Gasteiger partial charge < -0.3 is 20.1 Å². The Bertz CT molecular complexity index is 1100. The molecule has 0 aliphatic carbocycles. The van der Waals surface area contributed by atoms with Crippen LogP contribution in [0.15, 0.2) is 48.7 Å². The van der Waals surface area contributed by atoms with Crippen LogP contribution in [0, 0.1) is 15.9 Å². The molecule has 0 aliphatic heterocycles. The van der Waals surface area contributed by atoms with Crippen LogP contribution in [0.25, 0.3) is 11.3 Å². The maximum absolute atomic E-state index is 13.8. The topological polar surface area (TPSA) is 148 Å². The minimum absolute atomic E-state index is 0.00588. The maximum atomic E-state index is 13.8. The van der Waals surface area contributed by atoms with Gasteiger partial charge >= 0.3 is 11.9 Å². The molecule has 0 bridgehead atoms. The van der Waals surface area contributed by atoms with E-state index in [2.05, 4.69) is 10.3 Å². The van der Waals surface area contributed by atoms with Gasteiger partial charge in [0.05, 0.1) is 16.8 Å². The third-order valence-electron chi connectivity index (χ3n) is 4.01. The third kappa shape index (κ3) is 6.00. The highest BCUT2D eigenvalue weighted by atomic mass is 35.5. The number of aromatic nitrogens is 2. The van der Waals surface area contributed by atoms with E-state index in [1.807, 2.05) is 0 Å². The van der Waals surface area contributed by atoms with Crippen LogP contribution >= 0.6 is 11.6 Å². The lowest BCUT2D eigenvalue weighted by Gasteiger charge is -2.10. The van der Waals surface area contributed by atoms with Gasteiger partial charge in [0.1, 0.15) is 5.82 Å². The molecule has 0 saturated heterocycles. The number of nitrogens with one attached hydrogen (secondary N) is 1. The molecule has 1 aromatic heterocycles. The van der Waals surface area contributed by atoms with Crippen LogP contribution in [-0.4, -0.2) is 36.6 Å². The fourth-order valence-corrected chi connectivity index (χ4v) is 2.72. The highest BCUT2D eigenvalue weighted by Gasteiger charge is 2.13. The summed E-state index contributed by atoms with van der Waals surface area (Å²) in [6, 6.07) is 10.8. The Labute approximate surface area is 179 Å². The predicted molar refractivity (Wildman–Crippen MR) is 109 cm³/mol. The summed E-state index contributed by atoms with van der Waals surface area (Å²) >= 11 is 6.01. The number of hydrogen-bond acceptors (Lipinski definition) is 6. The van der Waals surface area contributed by atoms with Crippen LogP contribution in [0.4, 0.5) is 16.0 Å². The van der Waals surface area contributed by atoms with E-state index < -0.39 is 22.7 Å². The number of carboxylic acids is 2. The van der Waals surface area contributed by atoms with Gasteiger partial charge in [0.2, 0.25) is 5.95 Å². The molecule has 3 rings (SSSR count). The van der Waals surface area contributed by atoms with Crippen molar-refractivity contribution in [3.8, 4) is 11.3 Å². The van der Waals surface area contributed by atoms with Crippen molar-refractivity contribution in [2.75, 3.05) is 5.32 Å². The number of hydrogen-bond donors (Lipinski definition) is 3. The minimum atomic E-state index is -1.82. The third-order valence-corrected chi connectivity index (χ3v) is 4.36. The molecule has 162 valence electrons. The molecule has 0 unspecified atom stereocenters. The number of halogens is 2. The summed E-state index contributed by atoms with van der Waals surface area (Å²) in [5, 5.41) is 29.1. The number of aliphatic carboxylic acids is 2. The number of nitrogens with zero attached hydrogens (tertiary/aromatic N) is 3. The fraction of sp³-hybridized carbons (Fsp3) is 0.105. The zero-order valence-electron chi connectivity index (χ0n) is 16.0. The summed E-state index contributed by atoms with van der Waals surface area (Å²) in [5.41, 5.74) is 1.72. The monoisotopic (exact) mass is 450 g/mol. The lowest BCUT2D eigenvalue weighted by molar-refractivity contribution is -0.384. The number of nitro groups is 1. The second-order valence-corrected chi connectivity index (χ2v) is 6.40. The number of carbonyl (C=O) groups is 2. The van der Waals surface area contributed by atoms with E-state index in [1.54, 1.807) is 42.1 Å². The Balaban J connectivity index is 0.000000501. The van der Waals surface area contributed by atoms with E-state index in [-0.39, 0.29) is 12.2 Å². The van der Waals surface area contributed by atoms with Gasteiger partial charge in [0, 0.05) is 41.9 Å². The molecule has 0 aliphatic rings. The van der Waals surface area contributed by atoms with Gasteiger partial charge in [-0.3, -0.25) is 10.1 Å². The van der Waals surface area contributed by atoms with Crippen molar-refractivity contribution in [3.05, 3.63) is 75.2 Å². The fourth-order valence-electron chi connectivity index (χ4n) is 2.49. The first kappa shape index (κ1) is 23.3. The molecule has 3 N–H and O–H groups in total. The first-order valence-electron chi connectivity index (χ1n) is 8.51. The minimum Gasteiger partial charge on any atom is -0.473 e. The number of nitro benzene ring substituents is 1. The summed E-state index contributed by atoms with van der Waals surface area (Å²) in [5.74, 6) is -3.54. The Morgan fingerprint density at radius 2 is 1.87 bits per heavy atom. The number of imidazole rings is 1. The van der Waals surface area contributed by atoms with Crippen LogP contribution in [0.2, 0.25) is 5.02 Å². The Kier molecular flexibility index (Phi) is 7.64.